The van der Waals surface area contributed by atoms with Crippen LogP contribution in [0.15, 0.2) is 47.6 Å². The molecule has 1 heterocycles. The van der Waals surface area contributed by atoms with Crippen molar-refractivity contribution < 1.29 is 19.0 Å². The molecule has 0 spiro atoms. The predicted octanol–water partition coefficient (Wildman–Crippen LogP) is 3.24. The molecule has 0 atom stereocenters. The molecule has 1 N–H and O–H groups in total. The fourth-order valence-electron chi connectivity index (χ4n) is 2.56. The Labute approximate surface area is 152 Å². The summed E-state index contributed by atoms with van der Waals surface area (Å²) in [5.41, 5.74) is 4.25. The van der Waals surface area contributed by atoms with Crippen LogP contribution >= 0.6 is 0 Å². The molecule has 2 aromatic rings. The first-order valence-electron chi connectivity index (χ1n) is 8.37. The van der Waals surface area contributed by atoms with Gasteiger partial charge in [0.25, 0.3) is 5.91 Å². The lowest BCUT2D eigenvalue weighted by Crippen LogP contribution is -2.25. The maximum Gasteiger partial charge on any atom is 0.277 e. The van der Waals surface area contributed by atoms with Crippen LogP contribution in [0.1, 0.15) is 31.9 Å². The van der Waals surface area contributed by atoms with Crippen molar-refractivity contribution in [3.63, 3.8) is 0 Å². The number of hydrazone groups is 1. The molecule has 6 heteroatoms. The van der Waals surface area contributed by atoms with Crippen molar-refractivity contribution in [2.45, 2.75) is 26.2 Å². The third-order valence-corrected chi connectivity index (χ3v) is 3.85. The normalized spacial score (nSPS) is 13.0. The van der Waals surface area contributed by atoms with Gasteiger partial charge in [0.15, 0.2) is 18.1 Å². The largest absolute Gasteiger partial charge is 0.483 e. The van der Waals surface area contributed by atoms with E-state index in [9.17, 15) is 4.79 Å². The number of hydrogen-bond donors (Lipinski definition) is 1. The van der Waals surface area contributed by atoms with E-state index < -0.39 is 0 Å². The van der Waals surface area contributed by atoms with Gasteiger partial charge in [0.1, 0.15) is 5.75 Å². The Morgan fingerprint density at radius 1 is 1.19 bits per heavy atom. The van der Waals surface area contributed by atoms with Crippen molar-refractivity contribution in [3.05, 3.63) is 53.6 Å². The molecule has 0 fully saturated rings. The van der Waals surface area contributed by atoms with Crippen LogP contribution in [0, 0.1) is 0 Å². The Kier molecular flexibility index (Phi) is 5.11. The topological polar surface area (TPSA) is 69.2 Å². The molecule has 0 aliphatic carbocycles. The van der Waals surface area contributed by atoms with Gasteiger partial charge in [-0.15, -0.1) is 0 Å². The molecule has 0 unspecified atom stereocenters. The van der Waals surface area contributed by atoms with E-state index in [1.54, 1.807) is 18.3 Å². The quantitative estimate of drug-likeness (QED) is 0.661. The number of carbonyl (C=O) groups excluding carboxylic acids is 1. The fourth-order valence-corrected chi connectivity index (χ4v) is 2.56. The van der Waals surface area contributed by atoms with Gasteiger partial charge in [-0.05, 0) is 40.8 Å². The standard InChI is InChI=1S/C20H22N2O4/c1-20(2,3)15-6-4-5-7-16(15)24-12-19(23)22-21-11-14-8-9-17-18(10-14)26-13-25-17/h4-11H,12-13H2,1-3H3,(H,22,23)/b21-11-. The monoisotopic (exact) mass is 354 g/mol. The maximum absolute atomic E-state index is 12.0. The molecular weight excluding hydrogens is 332 g/mol. The van der Waals surface area contributed by atoms with Gasteiger partial charge < -0.3 is 14.2 Å². The first kappa shape index (κ1) is 17.8. The predicted molar refractivity (Wildman–Crippen MR) is 98.9 cm³/mol. The van der Waals surface area contributed by atoms with Gasteiger partial charge >= 0.3 is 0 Å². The van der Waals surface area contributed by atoms with E-state index in [1.807, 2.05) is 30.3 Å². The van der Waals surface area contributed by atoms with Crippen molar-refractivity contribution in [3.8, 4) is 17.2 Å². The molecule has 26 heavy (non-hydrogen) atoms. The van der Waals surface area contributed by atoms with Crippen LogP contribution in [0.3, 0.4) is 0 Å². The second kappa shape index (κ2) is 7.47. The number of nitrogens with one attached hydrogen (secondary N) is 1. The molecule has 136 valence electrons. The lowest BCUT2D eigenvalue weighted by atomic mass is 9.86. The molecule has 1 amide bonds. The Bertz CT molecular complexity index is 825. The minimum atomic E-state index is -0.328. The number of rotatable bonds is 5. The Morgan fingerprint density at radius 2 is 1.96 bits per heavy atom. The Hall–Kier alpha value is -3.02. The van der Waals surface area contributed by atoms with E-state index in [4.69, 9.17) is 14.2 Å². The zero-order chi connectivity index (χ0) is 18.6. The Balaban J connectivity index is 1.54. The number of benzene rings is 2. The summed E-state index contributed by atoms with van der Waals surface area (Å²) in [6.45, 7) is 6.42. The number of para-hydroxylation sites is 1. The highest BCUT2D eigenvalue weighted by Gasteiger charge is 2.18. The van der Waals surface area contributed by atoms with E-state index >= 15 is 0 Å². The van der Waals surface area contributed by atoms with Crippen molar-refractivity contribution in [2.75, 3.05) is 13.4 Å². The molecule has 0 radical (unpaired) electrons. The minimum absolute atomic E-state index is 0.0649. The molecule has 1 aliphatic heterocycles. The third-order valence-electron chi connectivity index (χ3n) is 3.85. The average Bonchev–Trinajstić information content (AvgIpc) is 3.07. The second-order valence-electron chi connectivity index (χ2n) is 6.94. The van der Waals surface area contributed by atoms with Crippen molar-refractivity contribution in [2.24, 2.45) is 5.10 Å². The van der Waals surface area contributed by atoms with Gasteiger partial charge in [0.2, 0.25) is 6.79 Å². The van der Waals surface area contributed by atoms with Gasteiger partial charge in [-0.1, -0.05) is 39.0 Å². The van der Waals surface area contributed by atoms with E-state index in [1.165, 1.54) is 0 Å². The van der Waals surface area contributed by atoms with Gasteiger partial charge in [-0.3, -0.25) is 4.79 Å². The van der Waals surface area contributed by atoms with Crippen LogP contribution in [-0.4, -0.2) is 25.5 Å². The zero-order valence-electron chi connectivity index (χ0n) is 15.1. The maximum atomic E-state index is 12.0. The highest BCUT2D eigenvalue weighted by atomic mass is 16.7. The summed E-state index contributed by atoms with van der Waals surface area (Å²) in [6, 6.07) is 13.2. The summed E-state index contributed by atoms with van der Waals surface area (Å²) in [4.78, 5) is 12.0. The molecule has 2 aromatic carbocycles. The lowest BCUT2D eigenvalue weighted by Gasteiger charge is -2.22. The number of carbonyl (C=O) groups is 1. The smallest absolute Gasteiger partial charge is 0.277 e. The van der Waals surface area contributed by atoms with E-state index in [2.05, 4.69) is 31.3 Å². The number of nitrogens with zero attached hydrogens (tertiary/aromatic N) is 1. The van der Waals surface area contributed by atoms with E-state index in [0.717, 1.165) is 11.1 Å². The summed E-state index contributed by atoms with van der Waals surface area (Å²) >= 11 is 0. The molecule has 0 bridgehead atoms. The second-order valence-corrected chi connectivity index (χ2v) is 6.94. The molecular formula is C20H22N2O4. The van der Waals surface area contributed by atoms with Crippen LogP contribution in [0.25, 0.3) is 0 Å². The van der Waals surface area contributed by atoms with Crippen LogP contribution in [0.4, 0.5) is 0 Å². The van der Waals surface area contributed by atoms with Gasteiger partial charge in [-0.2, -0.15) is 5.10 Å². The third kappa shape index (κ3) is 4.33. The average molecular weight is 354 g/mol. The first-order valence-corrected chi connectivity index (χ1v) is 8.37. The van der Waals surface area contributed by atoms with Crippen molar-refractivity contribution in [1.82, 2.24) is 5.43 Å². The summed E-state index contributed by atoms with van der Waals surface area (Å²) in [6.07, 6.45) is 1.54. The van der Waals surface area contributed by atoms with Crippen molar-refractivity contribution in [1.29, 1.82) is 0 Å². The fraction of sp³-hybridized carbons (Fsp3) is 0.300. The first-order chi connectivity index (χ1) is 12.4. The number of amides is 1. The molecule has 0 aromatic heterocycles. The molecule has 1 aliphatic rings. The van der Waals surface area contributed by atoms with Crippen LogP contribution in [-0.2, 0) is 10.2 Å². The Morgan fingerprint density at radius 3 is 2.77 bits per heavy atom. The number of ether oxygens (including phenoxy) is 3. The SMILES string of the molecule is CC(C)(C)c1ccccc1OCC(=O)N/N=C\c1ccc2c(c1)OCO2. The highest BCUT2D eigenvalue weighted by molar-refractivity contribution is 5.83. The van der Waals surface area contributed by atoms with E-state index in [-0.39, 0.29) is 24.7 Å². The van der Waals surface area contributed by atoms with Crippen molar-refractivity contribution >= 4 is 12.1 Å². The highest BCUT2D eigenvalue weighted by Crippen LogP contribution is 2.32. The minimum Gasteiger partial charge on any atom is -0.483 e. The summed E-state index contributed by atoms with van der Waals surface area (Å²) in [5, 5.41) is 3.95. The zero-order valence-corrected chi connectivity index (χ0v) is 15.1. The van der Waals surface area contributed by atoms with Crippen LogP contribution < -0.4 is 19.6 Å². The van der Waals surface area contributed by atoms with Crippen LogP contribution in [0.5, 0.6) is 17.2 Å². The number of fused-ring (bicyclic) bond motifs is 1. The van der Waals surface area contributed by atoms with E-state index in [0.29, 0.717) is 17.2 Å². The molecule has 3 rings (SSSR count). The summed E-state index contributed by atoms with van der Waals surface area (Å²) in [5.74, 6) is 1.75. The van der Waals surface area contributed by atoms with Crippen LogP contribution in [0.2, 0.25) is 0 Å². The molecule has 6 nitrogen and oxygen atoms in total. The van der Waals surface area contributed by atoms with Gasteiger partial charge in [0.05, 0.1) is 6.21 Å². The molecule has 0 saturated heterocycles. The lowest BCUT2D eigenvalue weighted by molar-refractivity contribution is -0.123. The van der Waals surface area contributed by atoms with Gasteiger partial charge in [0, 0.05) is 0 Å². The van der Waals surface area contributed by atoms with Gasteiger partial charge in [-0.25, -0.2) is 5.43 Å². The summed E-state index contributed by atoms with van der Waals surface area (Å²) in [7, 11) is 0. The number of hydrogen-bond acceptors (Lipinski definition) is 5. The molecule has 0 saturated carbocycles. The summed E-state index contributed by atoms with van der Waals surface area (Å²) < 4.78 is 16.2.